The number of carbonyl (C=O) groups excluding carboxylic acids is 1. The van der Waals surface area contributed by atoms with Gasteiger partial charge in [0.15, 0.2) is 0 Å². The molecule has 0 saturated heterocycles. The SMILES string of the molecule is O=C(NC(Cc1ccccc1)(c1cccc(C(F)(F)F)c1)c1cccc(C(F)(F)F)c1)c1cc(F)ccc1F. The minimum absolute atomic E-state index is 0.217. The van der Waals surface area contributed by atoms with Crippen LogP contribution in [0, 0.1) is 11.6 Å². The number of hydrogen-bond acceptors (Lipinski definition) is 1. The first kappa shape index (κ1) is 27.8. The number of carbonyl (C=O) groups is 1. The van der Waals surface area contributed by atoms with Gasteiger partial charge in [0.05, 0.1) is 22.2 Å². The summed E-state index contributed by atoms with van der Waals surface area (Å²) >= 11 is 0. The molecule has 202 valence electrons. The molecule has 0 aliphatic rings. The number of halogens is 8. The molecular formula is C29H19F8NO. The quantitative estimate of drug-likeness (QED) is 0.243. The zero-order valence-corrected chi connectivity index (χ0v) is 19.9. The Morgan fingerprint density at radius 1 is 0.615 bits per heavy atom. The summed E-state index contributed by atoms with van der Waals surface area (Å²) in [5.41, 5.74) is -5.07. The van der Waals surface area contributed by atoms with E-state index in [9.17, 15) is 39.9 Å². The molecule has 0 fully saturated rings. The van der Waals surface area contributed by atoms with E-state index in [2.05, 4.69) is 5.32 Å². The number of alkyl halides is 6. The highest BCUT2D eigenvalue weighted by molar-refractivity contribution is 5.95. The molecule has 2 nitrogen and oxygen atoms in total. The van der Waals surface area contributed by atoms with Gasteiger partial charge in [0.2, 0.25) is 0 Å². The summed E-state index contributed by atoms with van der Waals surface area (Å²) in [7, 11) is 0. The van der Waals surface area contributed by atoms with E-state index in [1.54, 1.807) is 30.3 Å². The third kappa shape index (κ3) is 6.10. The molecule has 0 heterocycles. The highest BCUT2D eigenvalue weighted by atomic mass is 19.4. The van der Waals surface area contributed by atoms with Gasteiger partial charge in [-0.2, -0.15) is 26.3 Å². The molecule has 4 rings (SSSR count). The molecule has 0 unspecified atom stereocenters. The van der Waals surface area contributed by atoms with E-state index in [0.29, 0.717) is 29.8 Å². The lowest BCUT2D eigenvalue weighted by atomic mass is 9.76. The van der Waals surface area contributed by atoms with Crippen LogP contribution in [0.4, 0.5) is 35.1 Å². The van der Waals surface area contributed by atoms with Crippen molar-refractivity contribution < 1.29 is 39.9 Å². The maximum atomic E-state index is 14.5. The van der Waals surface area contributed by atoms with Crippen molar-refractivity contribution in [2.24, 2.45) is 0 Å². The molecule has 0 aliphatic carbocycles. The Kier molecular flexibility index (Phi) is 7.50. The second-order valence-corrected chi connectivity index (χ2v) is 8.80. The third-order valence-electron chi connectivity index (χ3n) is 6.18. The van der Waals surface area contributed by atoms with Crippen LogP contribution >= 0.6 is 0 Å². The van der Waals surface area contributed by atoms with E-state index in [1.165, 1.54) is 12.1 Å². The molecule has 1 amide bonds. The van der Waals surface area contributed by atoms with Gasteiger partial charge in [0.25, 0.3) is 5.91 Å². The van der Waals surface area contributed by atoms with Gasteiger partial charge in [-0.1, -0.05) is 54.6 Å². The van der Waals surface area contributed by atoms with E-state index < -0.39 is 52.1 Å². The van der Waals surface area contributed by atoms with Crippen LogP contribution in [0.5, 0.6) is 0 Å². The van der Waals surface area contributed by atoms with Crippen molar-refractivity contribution in [3.8, 4) is 0 Å². The molecule has 0 aromatic heterocycles. The molecular weight excluding hydrogens is 530 g/mol. The standard InChI is InChI=1S/C29H19F8NO/c30-23-12-13-25(31)24(16-23)26(39)38-27(17-18-6-2-1-3-7-18,19-8-4-10-21(14-19)28(32,33)34)20-9-5-11-22(15-20)29(35,36)37/h1-16H,17H2,(H,38,39). The summed E-state index contributed by atoms with van der Waals surface area (Å²) in [6, 6.07) is 17.6. The van der Waals surface area contributed by atoms with Crippen LogP contribution in [-0.4, -0.2) is 5.91 Å². The van der Waals surface area contributed by atoms with Gasteiger partial charge in [-0.25, -0.2) is 8.78 Å². The van der Waals surface area contributed by atoms with Crippen LogP contribution in [0.2, 0.25) is 0 Å². The molecule has 0 bridgehead atoms. The van der Waals surface area contributed by atoms with Gasteiger partial charge in [0, 0.05) is 6.42 Å². The van der Waals surface area contributed by atoms with Crippen molar-refractivity contribution >= 4 is 5.91 Å². The maximum Gasteiger partial charge on any atom is 0.416 e. The summed E-state index contributed by atoms with van der Waals surface area (Å²) in [5.74, 6) is -3.33. The Morgan fingerprint density at radius 3 is 1.64 bits per heavy atom. The van der Waals surface area contributed by atoms with Crippen LogP contribution < -0.4 is 5.32 Å². The Hall–Kier alpha value is -4.21. The van der Waals surface area contributed by atoms with Crippen LogP contribution in [0.15, 0.2) is 97.1 Å². The van der Waals surface area contributed by atoms with Crippen molar-refractivity contribution in [3.63, 3.8) is 0 Å². The summed E-state index contributed by atoms with van der Waals surface area (Å²) in [4.78, 5) is 13.4. The van der Waals surface area contributed by atoms with Crippen LogP contribution in [0.3, 0.4) is 0 Å². The van der Waals surface area contributed by atoms with Crippen molar-refractivity contribution in [2.45, 2.75) is 24.3 Å². The number of hydrogen-bond donors (Lipinski definition) is 1. The lowest BCUT2D eigenvalue weighted by Crippen LogP contribution is -2.49. The average Bonchev–Trinajstić information content (AvgIpc) is 2.89. The molecule has 0 spiro atoms. The van der Waals surface area contributed by atoms with Crippen LogP contribution in [0.1, 0.15) is 38.2 Å². The second kappa shape index (κ2) is 10.5. The fraction of sp³-hybridized carbons (Fsp3) is 0.138. The van der Waals surface area contributed by atoms with Crippen LogP contribution in [0.25, 0.3) is 0 Å². The van der Waals surface area contributed by atoms with Gasteiger partial charge < -0.3 is 5.32 Å². The Morgan fingerprint density at radius 2 is 1.13 bits per heavy atom. The normalized spacial score (nSPS) is 12.3. The zero-order valence-electron chi connectivity index (χ0n) is 19.9. The molecule has 0 saturated carbocycles. The van der Waals surface area contributed by atoms with Gasteiger partial charge in [-0.05, 0) is 59.2 Å². The lowest BCUT2D eigenvalue weighted by molar-refractivity contribution is -0.138. The minimum atomic E-state index is -4.82. The first-order chi connectivity index (χ1) is 18.3. The van der Waals surface area contributed by atoms with Crippen molar-refractivity contribution in [1.29, 1.82) is 0 Å². The number of amides is 1. The zero-order chi connectivity index (χ0) is 28.4. The topological polar surface area (TPSA) is 29.1 Å². The fourth-order valence-electron chi connectivity index (χ4n) is 4.32. The highest BCUT2D eigenvalue weighted by Crippen LogP contribution is 2.40. The van der Waals surface area contributed by atoms with Gasteiger partial charge in [0.1, 0.15) is 11.6 Å². The van der Waals surface area contributed by atoms with Crippen LogP contribution in [-0.2, 0) is 24.3 Å². The van der Waals surface area contributed by atoms with E-state index in [-0.39, 0.29) is 17.5 Å². The number of benzene rings is 4. The van der Waals surface area contributed by atoms with Gasteiger partial charge in [-0.3, -0.25) is 4.79 Å². The van der Waals surface area contributed by atoms with Crippen molar-refractivity contribution in [3.05, 3.63) is 142 Å². The predicted molar refractivity (Wildman–Crippen MR) is 128 cm³/mol. The third-order valence-corrected chi connectivity index (χ3v) is 6.18. The molecule has 0 aliphatic heterocycles. The first-order valence-corrected chi connectivity index (χ1v) is 11.5. The Balaban J connectivity index is 2.02. The fourth-order valence-corrected chi connectivity index (χ4v) is 4.32. The monoisotopic (exact) mass is 549 g/mol. The van der Waals surface area contributed by atoms with Gasteiger partial charge >= 0.3 is 12.4 Å². The highest BCUT2D eigenvalue weighted by Gasteiger charge is 2.41. The first-order valence-electron chi connectivity index (χ1n) is 11.5. The molecule has 4 aromatic rings. The maximum absolute atomic E-state index is 14.5. The summed E-state index contributed by atoms with van der Waals surface area (Å²) in [6.45, 7) is 0. The summed E-state index contributed by atoms with van der Waals surface area (Å²) in [5, 5.41) is 2.47. The Bertz CT molecular complexity index is 1420. The molecule has 10 heteroatoms. The van der Waals surface area contributed by atoms with E-state index in [1.807, 2.05) is 0 Å². The summed E-state index contributed by atoms with van der Waals surface area (Å²) < 4.78 is 111. The smallest absolute Gasteiger partial charge is 0.338 e. The van der Waals surface area contributed by atoms with E-state index in [0.717, 1.165) is 30.3 Å². The summed E-state index contributed by atoms with van der Waals surface area (Å²) in [6.07, 6.45) is -9.96. The molecule has 39 heavy (non-hydrogen) atoms. The number of rotatable bonds is 6. The lowest BCUT2D eigenvalue weighted by Gasteiger charge is -2.37. The molecule has 4 aromatic carbocycles. The van der Waals surface area contributed by atoms with E-state index in [4.69, 9.17) is 0 Å². The second-order valence-electron chi connectivity index (χ2n) is 8.80. The molecule has 1 N–H and O–H groups in total. The Labute approximate surface area is 217 Å². The van der Waals surface area contributed by atoms with E-state index >= 15 is 0 Å². The van der Waals surface area contributed by atoms with Crippen molar-refractivity contribution in [2.75, 3.05) is 0 Å². The predicted octanol–water partition coefficient (Wildman–Crippen LogP) is 7.92. The number of nitrogens with one attached hydrogen (secondary N) is 1. The van der Waals surface area contributed by atoms with Gasteiger partial charge in [-0.15, -0.1) is 0 Å². The largest absolute Gasteiger partial charge is 0.416 e. The average molecular weight is 549 g/mol. The molecule has 0 atom stereocenters. The minimum Gasteiger partial charge on any atom is -0.338 e. The van der Waals surface area contributed by atoms with Crippen molar-refractivity contribution in [1.82, 2.24) is 5.32 Å². The molecule has 0 radical (unpaired) electrons.